The summed E-state index contributed by atoms with van der Waals surface area (Å²) in [5.74, 6) is 0.519. The summed E-state index contributed by atoms with van der Waals surface area (Å²) >= 11 is 0. The zero-order chi connectivity index (χ0) is 26.9. The summed E-state index contributed by atoms with van der Waals surface area (Å²) in [7, 11) is 0. The number of ketones is 6. The van der Waals surface area contributed by atoms with E-state index in [9.17, 15) is 14.4 Å². The van der Waals surface area contributed by atoms with Crippen LogP contribution in [0.4, 0.5) is 0 Å². The van der Waals surface area contributed by atoms with E-state index in [0.717, 1.165) is 0 Å². The molecule has 0 atom stereocenters. The summed E-state index contributed by atoms with van der Waals surface area (Å²) in [4.78, 5) is 54.7. The van der Waals surface area contributed by atoms with E-state index in [4.69, 9.17) is 14.4 Å². The Balaban J connectivity index is 0.000000518. The molecule has 0 aliphatic rings. The van der Waals surface area contributed by atoms with Crippen molar-refractivity contribution in [2.24, 2.45) is 0 Å². The van der Waals surface area contributed by atoms with E-state index in [-0.39, 0.29) is 51.2 Å². The minimum absolute atomic E-state index is 0. The quantitative estimate of drug-likeness (QED) is 0.126. The molecule has 0 unspecified atom stereocenters. The van der Waals surface area contributed by atoms with Crippen LogP contribution < -0.4 is 0 Å². The first-order valence-corrected chi connectivity index (χ1v) is 11.1. The maximum atomic E-state index is 9.37. The van der Waals surface area contributed by atoms with Crippen molar-refractivity contribution in [1.29, 1.82) is 0 Å². The molecule has 3 aromatic rings. The molecule has 3 aromatic carbocycles. The van der Waals surface area contributed by atoms with E-state index >= 15 is 0 Å². The van der Waals surface area contributed by atoms with Gasteiger partial charge in [-0.3, -0.25) is 14.4 Å². The summed E-state index contributed by atoms with van der Waals surface area (Å²) in [6, 6.07) is 27.2. The Labute approximate surface area is 227 Å². The van der Waals surface area contributed by atoms with Crippen LogP contribution in [0.15, 0.2) is 91.0 Å². The van der Waals surface area contributed by atoms with Gasteiger partial charge in [0.25, 0.3) is 0 Å². The average Bonchev–Trinajstić information content (AvgIpc) is 2.85. The maximum Gasteiger partial charge on any atom is 2.00 e. The molecule has 3 rings (SSSR count). The second-order valence-electron chi connectivity index (χ2n) is 7.61. The second-order valence-corrected chi connectivity index (χ2v) is 7.61. The second kappa shape index (κ2) is 18.1. The third-order valence-electron chi connectivity index (χ3n) is 4.25. The zero-order valence-corrected chi connectivity index (χ0v) is 21.9. The molecule has 0 amide bonds. The van der Waals surface area contributed by atoms with E-state index in [0.29, 0.717) is 16.7 Å². The SMILES string of the molecule is CC(=[OH+])[CH-]C(=[OH+])c1ccccc1.CC(=[OH+])[CH-]C(=[OH+])c1ccccc1.CC(=[OH+])[CH-]C(=[OH+])c1ccccc1.[Ni+2]. The first kappa shape index (κ1) is 32.8. The van der Waals surface area contributed by atoms with Gasteiger partial charge in [-0.2, -0.15) is 0 Å². The van der Waals surface area contributed by atoms with Crippen molar-refractivity contribution in [2.45, 2.75) is 20.8 Å². The molecule has 0 radical (unpaired) electrons. The third kappa shape index (κ3) is 14.7. The molecule has 0 saturated carbocycles. The molecule has 6 N–H and O–H groups in total. The maximum absolute atomic E-state index is 9.37. The number of hydrogen-bond donors (Lipinski definition) is 0. The van der Waals surface area contributed by atoms with Crippen LogP contribution in [-0.4, -0.2) is 63.5 Å². The fourth-order valence-electron chi connectivity index (χ4n) is 2.67. The van der Waals surface area contributed by atoms with Crippen molar-refractivity contribution in [1.82, 2.24) is 0 Å². The van der Waals surface area contributed by atoms with Crippen molar-refractivity contribution in [3.8, 4) is 0 Å². The molecule has 0 fully saturated rings. The Kier molecular flexibility index (Phi) is 16.0. The number of rotatable bonds is 9. The molecular formula is C30H33NiO6+5. The minimum atomic E-state index is 0. The van der Waals surface area contributed by atoms with Gasteiger partial charge in [0.2, 0.25) is 34.7 Å². The van der Waals surface area contributed by atoms with Gasteiger partial charge >= 0.3 is 16.5 Å². The number of benzene rings is 3. The Morgan fingerprint density at radius 3 is 0.757 bits per heavy atom. The van der Waals surface area contributed by atoms with Gasteiger partial charge in [-0.1, -0.05) is 71.3 Å². The fraction of sp³-hybridized carbons (Fsp3) is 0.100. The van der Waals surface area contributed by atoms with E-state index < -0.39 is 0 Å². The van der Waals surface area contributed by atoms with Gasteiger partial charge in [-0.25, -0.2) is 0 Å². The van der Waals surface area contributed by atoms with E-state index in [1.54, 1.807) is 36.4 Å². The van der Waals surface area contributed by atoms with Crippen LogP contribution in [0.25, 0.3) is 0 Å². The number of hydrogen-bond acceptors (Lipinski definition) is 0. The van der Waals surface area contributed by atoms with Gasteiger partial charge in [-0.05, 0) is 19.3 Å². The van der Waals surface area contributed by atoms with Crippen LogP contribution in [0.3, 0.4) is 0 Å². The zero-order valence-electron chi connectivity index (χ0n) is 20.9. The van der Waals surface area contributed by atoms with E-state index in [1.165, 1.54) is 40.0 Å². The van der Waals surface area contributed by atoms with Crippen molar-refractivity contribution in [3.05, 3.63) is 127 Å². The minimum Gasteiger partial charge on any atom is -0.313 e. The predicted octanol–water partition coefficient (Wildman–Crippen LogP) is 4.04. The summed E-state index contributed by atoms with van der Waals surface area (Å²) in [5, 5.41) is 0. The van der Waals surface area contributed by atoms with Crippen molar-refractivity contribution in [3.63, 3.8) is 0 Å². The Bertz CT molecular complexity index is 1020. The van der Waals surface area contributed by atoms with E-state index in [2.05, 4.69) is 0 Å². The normalized spacial score (nSPS) is 8.84. The molecule has 194 valence electrons. The predicted molar refractivity (Wildman–Crippen MR) is 148 cm³/mol. The molecular weight excluding hydrogens is 515 g/mol. The topological polar surface area (TPSA) is 128 Å². The van der Waals surface area contributed by atoms with Crippen LogP contribution in [0, 0.1) is 19.3 Å². The largest absolute Gasteiger partial charge is 2.00 e. The van der Waals surface area contributed by atoms with Gasteiger partial charge < -0.3 is 14.4 Å². The first-order chi connectivity index (χ1) is 17.1. The molecule has 0 aliphatic carbocycles. The van der Waals surface area contributed by atoms with Gasteiger partial charge in [-0.15, -0.1) is 36.4 Å². The molecule has 6 nitrogen and oxygen atoms in total. The van der Waals surface area contributed by atoms with Crippen LogP contribution in [0.5, 0.6) is 0 Å². The van der Waals surface area contributed by atoms with Gasteiger partial charge in [0.15, 0.2) is 0 Å². The van der Waals surface area contributed by atoms with Gasteiger partial charge in [0.1, 0.15) is 0 Å². The molecule has 37 heavy (non-hydrogen) atoms. The first-order valence-electron chi connectivity index (χ1n) is 11.1. The number of carbonyl (C=O) groups excluding carboxylic acids is 6. The van der Waals surface area contributed by atoms with Crippen LogP contribution in [0.1, 0.15) is 37.5 Å². The van der Waals surface area contributed by atoms with Crippen LogP contribution in [0.2, 0.25) is 0 Å². The molecule has 0 aromatic heterocycles. The average molecular weight is 548 g/mol. The van der Waals surface area contributed by atoms with Crippen LogP contribution >= 0.6 is 0 Å². The molecule has 0 spiro atoms. The van der Waals surface area contributed by atoms with Crippen molar-refractivity contribution in [2.75, 3.05) is 0 Å². The monoisotopic (exact) mass is 547 g/mol. The van der Waals surface area contributed by atoms with E-state index in [1.807, 2.05) is 54.6 Å². The molecule has 7 heteroatoms. The standard InChI is InChI=1S/3C10H9O2.Ni/c3*1-8(11)7-10(12)9-5-3-2-4-6-9;/h3*2-7H,1H3;/q3*-1;+2/p+6. The molecule has 0 heterocycles. The summed E-state index contributed by atoms with van der Waals surface area (Å²) < 4.78 is 0. The third-order valence-corrected chi connectivity index (χ3v) is 4.25. The summed E-state index contributed by atoms with van der Waals surface area (Å²) in [6.07, 6.45) is 3.94. The molecule has 0 aliphatic heterocycles. The summed E-state index contributed by atoms with van der Waals surface area (Å²) in [6.45, 7) is 4.54. The molecule has 0 bridgehead atoms. The van der Waals surface area contributed by atoms with Crippen LogP contribution in [-0.2, 0) is 16.5 Å². The smallest absolute Gasteiger partial charge is 0.313 e. The summed E-state index contributed by atoms with van der Waals surface area (Å²) in [5.41, 5.74) is 2.10. The Morgan fingerprint density at radius 2 is 0.595 bits per heavy atom. The van der Waals surface area contributed by atoms with Crippen molar-refractivity contribution >= 4 is 34.7 Å². The molecule has 0 saturated heterocycles. The van der Waals surface area contributed by atoms with Crippen molar-refractivity contribution < 1.29 is 45.3 Å². The fourth-order valence-corrected chi connectivity index (χ4v) is 2.67. The van der Waals surface area contributed by atoms with Gasteiger partial charge in [0.05, 0.1) is 0 Å². The Hall–Kier alpha value is -4.22. The van der Waals surface area contributed by atoms with Gasteiger partial charge in [0, 0.05) is 20.8 Å². The Morgan fingerprint density at radius 1 is 0.405 bits per heavy atom.